The zero-order valence-electron chi connectivity index (χ0n) is 9.97. The Hall–Kier alpha value is -1.19. The van der Waals surface area contributed by atoms with E-state index in [1.165, 1.54) is 18.5 Å². The molecule has 1 aromatic carbocycles. The molecule has 0 aliphatic rings. The fourth-order valence-electron chi connectivity index (χ4n) is 1.49. The Balaban J connectivity index is 2.31. The summed E-state index contributed by atoms with van der Waals surface area (Å²) in [6.07, 6.45) is 1.26. The minimum absolute atomic E-state index is 0.0676. The molecule has 7 nitrogen and oxygen atoms in total. The molecule has 0 amide bonds. The molecular weight excluding hydrogens is 327 g/mol. The van der Waals surface area contributed by atoms with Gasteiger partial charge in [-0.25, -0.2) is 18.1 Å². The molecule has 2 rings (SSSR count). The lowest BCUT2D eigenvalue weighted by molar-refractivity contribution is 0.281. The van der Waals surface area contributed by atoms with Crippen LogP contribution < -0.4 is 4.72 Å². The molecule has 0 fully saturated rings. The molecule has 1 heterocycles. The first-order valence-corrected chi connectivity index (χ1v) is 7.60. The predicted molar refractivity (Wildman–Crippen MR) is 72.8 cm³/mol. The van der Waals surface area contributed by atoms with Crippen molar-refractivity contribution in [3.05, 3.63) is 39.9 Å². The van der Waals surface area contributed by atoms with Gasteiger partial charge in [0.15, 0.2) is 0 Å². The van der Waals surface area contributed by atoms with Gasteiger partial charge in [0.2, 0.25) is 10.0 Å². The van der Waals surface area contributed by atoms with Crippen LogP contribution in [0.25, 0.3) is 0 Å². The van der Waals surface area contributed by atoms with E-state index < -0.39 is 16.6 Å². The smallest absolute Gasteiger partial charge is 0.242 e. The molecule has 108 valence electrons. The number of halogens is 2. The van der Waals surface area contributed by atoms with E-state index in [1.54, 1.807) is 0 Å². The predicted octanol–water partition coefficient (Wildman–Crippen LogP) is 1.08. The molecule has 3 N–H and O–H groups in total. The molecule has 0 aliphatic carbocycles. The Labute approximate surface area is 125 Å². The highest BCUT2D eigenvalue weighted by molar-refractivity contribution is 7.89. The summed E-state index contributed by atoms with van der Waals surface area (Å²) in [6.45, 7) is -0.482. The van der Waals surface area contributed by atoms with E-state index in [2.05, 4.69) is 19.9 Å². The van der Waals surface area contributed by atoms with Crippen molar-refractivity contribution >= 4 is 33.2 Å². The Morgan fingerprint density at radius 1 is 1.35 bits per heavy atom. The van der Waals surface area contributed by atoms with Crippen LogP contribution in [0.5, 0.6) is 0 Å². The monoisotopic (exact) mass is 336 g/mol. The third-order valence-corrected chi connectivity index (χ3v) is 4.64. The number of nitrogens with one attached hydrogen (secondary N) is 2. The van der Waals surface area contributed by atoms with E-state index in [4.69, 9.17) is 28.3 Å². The van der Waals surface area contributed by atoms with Crippen LogP contribution in [0.4, 0.5) is 0 Å². The zero-order valence-corrected chi connectivity index (χ0v) is 12.3. The number of aromatic nitrogens is 3. The second kappa shape index (κ2) is 6.06. The van der Waals surface area contributed by atoms with E-state index in [9.17, 15) is 8.42 Å². The van der Waals surface area contributed by atoms with Crippen LogP contribution in [0, 0.1) is 0 Å². The molecule has 20 heavy (non-hydrogen) atoms. The number of nitrogens with zero attached hydrogens (tertiary/aromatic N) is 2. The molecule has 0 radical (unpaired) electrons. The molecule has 0 saturated heterocycles. The van der Waals surface area contributed by atoms with Gasteiger partial charge < -0.3 is 5.11 Å². The fraction of sp³-hybridized carbons (Fsp3) is 0.200. The molecule has 10 heteroatoms. The number of benzene rings is 1. The summed E-state index contributed by atoms with van der Waals surface area (Å²) in [7, 11) is -3.89. The van der Waals surface area contributed by atoms with E-state index >= 15 is 0 Å². The summed E-state index contributed by atoms with van der Waals surface area (Å²) in [5, 5.41) is 15.4. The Morgan fingerprint density at radius 3 is 2.70 bits per heavy atom. The normalized spacial score (nSPS) is 11.8. The Morgan fingerprint density at radius 2 is 2.10 bits per heavy atom. The molecule has 0 saturated carbocycles. The van der Waals surface area contributed by atoms with E-state index in [0.717, 1.165) is 0 Å². The van der Waals surface area contributed by atoms with Gasteiger partial charge in [0, 0.05) is 5.02 Å². The number of H-pyrrole nitrogens is 1. The number of aliphatic hydroxyl groups is 1. The average molecular weight is 337 g/mol. The molecule has 0 spiro atoms. The number of hydrogen-bond donors (Lipinski definition) is 3. The number of sulfonamides is 1. The van der Waals surface area contributed by atoms with Gasteiger partial charge >= 0.3 is 0 Å². The van der Waals surface area contributed by atoms with E-state index in [0.29, 0.717) is 5.82 Å². The van der Waals surface area contributed by atoms with Gasteiger partial charge in [-0.05, 0) is 17.7 Å². The van der Waals surface area contributed by atoms with Crippen molar-refractivity contribution in [3.63, 3.8) is 0 Å². The standard InChI is InChI=1S/C10H10Cl2N4O3S/c11-7-1-6(4-17)10(12)8(2-7)20(18,19)15-3-9-13-5-14-16-9/h1-2,5,15,17H,3-4H2,(H,13,14,16). The summed E-state index contributed by atoms with van der Waals surface area (Å²) < 4.78 is 26.7. The Bertz CT molecular complexity index is 704. The van der Waals surface area contributed by atoms with Crippen LogP contribution in [0.2, 0.25) is 10.0 Å². The largest absolute Gasteiger partial charge is 0.392 e. The maximum atomic E-state index is 12.2. The maximum absolute atomic E-state index is 12.2. The van der Waals surface area contributed by atoms with E-state index in [1.807, 2.05) is 0 Å². The summed E-state index contributed by atoms with van der Waals surface area (Å²) in [6, 6.07) is 2.62. The van der Waals surface area contributed by atoms with Gasteiger partial charge in [0.1, 0.15) is 17.0 Å². The highest BCUT2D eigenvalue weighted by atomic mass is 35.5. The maximum Gasteiger partial charge on any atom is 0.242 e. The highest BCUT2D eigenvalue weighted by Crippen LogP contribution is 2.29. The zero-order chi connectivity index (χ0) is 14.8. The second-order valence-electron chi connectivity index (χ2n) is 3.79. The lowest BCUT2D eigenvalue weighted by atomic mass is 10.2. The average Bonchev–Trinajstić information content (AvgIpc) is 2.92. The van der Waals surface area contributed by atoms with Gasteiger partial charge in [-0.3, -0.25) is 5.10 Å². The fourth-order valence-corrected chi connectivity index (χ4v) is 3.40. The Kier molecular flexibility index (Phi) is 4.61. The molecule has 0 atom stereocenters. The lowest BCUT2D eigenvalue weighted by Crippen LogP contribution is -2.24. The van der Waals surface area contributed by atoms with Crippen molar-refractivity contribution in [3.8, 4) is 0 Å². The van der Waals surface area contributed by atoms with Crippen LogP contribution in [0.1, 0.15) is 11.4 Å². The first kappa shape index (κ1) is 15.2. The van der Waals surface area contributed by atoms with Crippen LogP contribution in [0.15, 0.2) is 23.4 Å². The highest BCUT2D eigenvalue weighted by Gasteiger charge is 2.21. The minimum atomic E-state index is -3.89. The summed E-state index contributed by atoms with van der Waals surface area (Å²) >= 11 is 11.8. The SMILES string of the molecule is O=S(=O)(NCc1ncn[nH]1)c1cc(Cl)cc(CO)c1Cl. The van der Waals surface area contributed by atoms with Crippen LogP contribution in [-0.4, -0.2) is 28.7 Å². The number of hydrogen-bond acceptors (Lipinski definition) is 5. The second-order valence-corrected chi connectivity index (χ2v) is 6.34. The van der Waals surface area contributed by atoms with Crippen molar-refractivity contribution in [2.45, 2.75) is 18.0 Å². The first-order chi connectivity index (χ1) is 9.44. The number of aliphatic hydroxyl groups excluding tert-OH is 1. The summed E-state index contributed by atoms with van der Waals surface area (Å²) in [4.78, 5) is 3.60. The van der Waals surface area contributed by atoms with Crippen LogP contribution in [-0.2, 0) is 23.2 Å². The number of rotatable bonds is 5. The quantitative estimate of drug-likeness (QED) is 0.757. The van der Waals surface area contributed by atoms with Crippen LogP contribution in [0.3, 0.4) is 0 Å². The topological polar surface area (TPSA) is 108 Å². The van der Waals surface area contributed by atoms with Crippen molar-refractivity contribution in [1.29, 1.82) is 0 Å². The van der Waals surface area contributed by atoms with Gasteiger partial charge in [0.05, 0.1) is 18.2 Å². The van der Waals surface area contributed by atoms with Crippen LogP contribution >= 0.6 is 23.2 Å². The molecule has 0 aliphatic heterocycles. The van der Waals surface area contributed by atoms with Crippen molar-refractivity contribution in [2.75, 3.05) is 0 Å². The summed E-state index contributed by atoms with van der Waals surface area (Å²) in [5.74, 6) is 0.356. The molecule has 2 aromatic rings. The summed E-state index contributed by atoms with van der Waals surface area (Å²) in [5.41, 5.74) is 0.235. The van der Waals surface area contributed by atoms with E-state index in [-0.39, 0.29) is 27.0 Å². The van der Waals surface area contributed by atoms with Gasteiger partial charge in [-0.15, -0.1) is 0 Å². The third kappa shape index (κ3) is 3.28. The van der Waals surface area contributed by atoms with Gasteiger partial charge in [-0.1, -0.05) is 23.2 Å². The van der Waals surface area contributed by atoms with Crippen molar-refractivity contribution < 1.29 is 13.5 Å². The molecule has 0 unspecified atom stereocenters. The van der Waals surface area contributed by atoms with Gasteiger partial charge in [0.25, 0.3) is 0 Å². The van der Waals surface area contributed by atoms with Crippen molar-refractivity contribution in [2.24, 2.45) is 0 Å². The molecule has 1 aromatic heterocycles. The molecule has 0 bridgehead atoms. The van der Waals surface area contributed by atoms with Gasteiger partial charge in [-0.2, -0.15) is 5.10 Å². The third-order valence-electron chi connectivity index (χ3n) is 2.43. The first-order valence-electron chi connectivity index (χ1n) is 5.36. The lowest BCUT2D eigenvalue weighted by Gasteiger charge is -2.10. The van der Waals surface area contributed by atoms with Crippen molar-refractivity contribution in [1.82, 2.24) is 19.9 Å². The minimum Gasteiger partial charge on any atom is -0.392 e. The number of aromatic amines is 1. The molecular formula is C10H10Cl2N4O3S.